The molecule has 0 aliphatic carbocycles. The second-order valence-corrected chi connectivity index (χ2v) is 9.53. The summed E-state index contributed by atoms with van der Waals surface area (Å²) >= 11 is 12.5. The minimum absolute atomic E-state index is 0.471. The summed E-state index contributed by atoms with van der Waals surface area (Å²) in [4.78, 5) is 18.3. The van der Waals surface area contributed by atoms with Crippen LogP contribution in [0.5, 0.6) is 11.6 Å². The lowest BCUT2D eigenvalue weighted by Gasteiger charge is -2.27. The molecule has 184 valence electrons. The highest BCUT2D eigenvalue weighted by Crippen LogP contribution is 2.30. The molecule has 2 saturated heterocycles. The van der Waals surface area contributed by atoms with Crippen LogP contribution < -0.4 is 15.0 Å². The number of pyridine rings is 1. The van der Waals surface area contributed by atoms with E-state index in [1.54, 1.807) is 18.5 Å². The van der Waals surface area contributed by atoms with Crippen LogP contribution in [0.3, 0.4) is 0 Å². The Bertz CT molecular complexity index is 1110. The van der Waals surface area contributed by atoms with Gasteiger partial charge in [-0.25, -0.2) is 15.0 Å². The minimum atomic E-state index is 0.471. The predicted molar refractivity (Wildman–Crippen MR) is 138 cm³/mol. The first-order valence-corrected chi connectivity index (χ1v) is 12.6. The van der Waals surface area contributed by atoms with Crippen molar-refractivity contribution in [1.82, 2.24) is 25.2 Å². The zero-order chi connectivity index (χ0) is 24.0. The molecule has 1 N–H and O–H groups in total. The normalized spacial score (nSPS) is 17.3. The fourth-order valence-electron chi connectivity index (χ4n) is 4.28. The van der Waals surface area contributed by atoms with Gasteiger partial charge in [0, 0.05) is 74.1 Å². The largest absolute Gasteiger partial charge is 0.436 e. The van der Waals surface area contributed by atoms with Crippen LogP contribution in [0, 0.1) is 0 Å². The number of benzene rings is 1. The summed E-state index contributed by atoms with van der Waals surface area (Å²) in [5.74, 6) is 1.71. The van der Waals surface area contributed by atoms with Crippen molar-refractivity contribution in [3.63, 3.8) is 0 Å². The van der Waals surface area contributed by atoms with E-state index in [0.29, 0.717) is 27.6 Å². The molecule has 3 aromatic rings. The van der Waals surface area contributed by atoms with E-state index in [-0.39, 0.29) is 0 Å². The van der Waals surface area contributed by atoms with Crippen molar-refractivity contribution >= 4 is 29.2 Å². The van der Waals surface area contributed by atoms with Gasteiger partial charge in [-0.15, -0.1) is 0 Å². The van der Waals surface area contributed by atoms with Crippen molar-refractivity contribution in [2.24, 2.45) is 0 Å². The van der Waals surface area contributed by atoms with Gasteiger partial charge in [0.2, 0.25) is 11.8 Å². The van der Waals surface area contributed by atoms with Crippen LogP contribution in [0.15, 0.2) is 42.7 Å². The summed E-state index contributed by atoms with van der Waals surface area (Å²) in [7, 11) is 0. The highest BCUT2D eigenvalue weighted by atomic mass is 35.5. The van der Waals surface area contributed by atoms with Crippen molar-refractivity contribution in [1.29, 1.82) is 0 Å². The van der Waals surface area contributed by atoms with E-state index in [1.165, 1.54) is 0 Å². The molecule has 8 nitrogen and oxygen atoms in total. The van der Waals surface area contributed by atoms with Gasteiger partial charge in [-0.05, 0) is 36.2 Å². The van der Waals surface area contributed by atoms with E-state index in [9.17, 15) is 0 Å². The topological polar surface area (TPSA) is 75.6 Å². The zero-order valence-electron chi connectivity index (χ0n) is 19.4. The lowest BCUT2D eigenvalue weighted by atomic mass is 10.1. The van der Waals surface area contributed by atoms with Crippen molar-refractivity contribution in [3.8, 4) is 22.9 Å². The third-order valence-electron chi connectivity index (χ3n) is 5.98. The van der Waals surface area contributed by atoms with Crippen LogP contribution >= 0.6 is 23.2 Å². The molecule has 35 heavy (non-hydrogen) atoms. The third kappa shape index (κ3) is 6.59. The molecule has 5 rings (SSSR count). The Kier molecular flexibility index (Phi) is 7.95. The molecule has 10 heteroatoms. The fraction of sp³-hybridized carbons (Fsp3) is 0.400. The fourth-order valence-corrected chi connectivity index (χ4v) is 4.80. The van der Waals surface area contributed by atoms with Crippen LogP contribution in [0.4, 0.5) is 5.95 Å². The molecule has 0 spiro atoms. The molecule has 2 aromatic heterocycles. The van der Waals surface area contributed by atoms with Crippen molar-refractivity contribution < 1.29 is 9.47 Å². The zero-order valence-corrected chi connectivity index (χ0v) is 20.9. The second-order valence-electron chi connectivity index (χ2n) is 8.66. The molecule has 2 fully saturated rings. The molecule has 1 aromatic carbocycles. The number of aromatic nitrogens is 3. The molecule has 2 aliphatic rings. The van der Waals surface area contributed by atoms with Gasteiger partial charge in [-0.2, -0.15) is 0 Å². The number of hydrogen-bond donors (Lipinski definition) is 1. The van der Waals surface area contributed by atoms with Crippen molar-refractivity contribution in [3.05, 3.63) is 58.3 Å². The van der Waals surface area contributed by atoms with Crippen molar-refractivity contribution in [2.45, 2.75) is 13.0 Å². The van der Waals surface area contributed by atoms with Crippen molar-refractivity contribution in [2.75, 3.05) is 57.4 Å². The Morgan fingerprint density at radius 3 is 2.46 bits per heavy atom. The van der Waals surface area contributed by atoms with E-state index in [1.807, 2.05) is 18.2 Å². The maximum Gasteiger partial charge on any atom is 0.225 e. The van der Waals surface area contributed by atoms with Gasteiger partial charge >= 0.3 is 0 Å². The van der Waals surface area contributed by atoms with Crippen LogP contribution in [0.2, 0.25) is 10.0 Å². The first-order chi connectivity index (χ1) is 17.1. The molecular formula is C25H28Cl2N6O2. The number of halogens is 2. The van der Waals surface area contributed by atoms with E-state index in [4.69, 9.17) is 37.7 Å². The molecule has 0 radical (unpaired) electrons. The molecule has 0 bridgehead atoms. The van der Waals surface area contributed by atoms with E-state index in [0.717, 1.165) is 82.3 Å². The van der Waals surface area contributed by atoms with Crippen LogP contribution in [-0.4, -0.2) is 72.3 Å². The van der Waals surface area contributed by atoms with Gasteiger partial charge in [0.1, 0.15) is 0 Å². The Hall–Kier alpha value is -2.49. The number of hydrogen-bond acceptors (Lipinski definition) is 8. The van der Waals surface area contributed by atoms with Crippen LogP contribution in [0.1, 0.15) is 12.0 Å². The first kappa shape index (κ1) is 24.2. The van der Waals surface area contributed by atoms with Crippen LogP contribution in [-0.2, 0) is 11.3 Å². The summed E-state index contributed by atoms with van der Waals surface area (Å²) in [5, 5.41) is 4.45. The number of anilines is 1. The first-order valence-electron chi connectivity index (χ1n) is 11.9. The van der Waals surface area contributed by atoms with E-state index < -0.39 is 0 Å². The smallest absolute Gasteiger partial charge is 0.225 e. The summed E-state index contributed by atoms with van der Waals surface area (Å²) in [6.07, 6.45) is 4.41. The second kappa shape index (κ2) is 11.5. The van der Waals surface area contributed by atoms with Gasteiger partial charge in [-0.1, -0.05) is 23.2 Å². The average Bonchev–Trinajstić information content (AvgIpc) is 3.13. The Balaban J connectivity index is 1.41. The Labute approximate surface area is 215 Å². The number of ether oxygens (including phenoxy) is 2. The van der Waals surface area contributed by atoms with Crippen LogP contribution in [0.25, 0.3) is 11.3 Å². The van der Waals surface area contributed by atoms with E-state index in [2.05, 4.69) is 31.2 Å². The summed E-state index contributed by atoms with van der Waals surface area (Å²) in [6.45, 7) is 7.81. The standard InChI is InChI=1S/C25H28Cl2N6O2/c26-20-12-19(13-21(27)14-20)23-10-18(17-32-4-1-8-34-9-7-32)11-24(31-23)35-22-15-29-25(30-16-22)33-5-2-28-3-6-33/h10-16,28H,1-9,17H2. The summed E-state index contributed by atoms with van der Waals surface area (Å²) in [5.41, 5.74) is 2.66. The van der Waals surface area contributed by atoms with Gasteiger partial charge in [0.25, 0.3) is 0 Å². The summed E-state index contributed by atoms with van der Waals surface area (Å²) in [6, 6.07) is 9.45. The molecule has 2 aliphatic heterocycles. The third-order valence-corrected chi connectivity index (χ3v) is 6.41. The van der Waals surface area contributed by atoms with Gasteiger partial charge in [-0.3, -0.25) is 4.90 Å². The molecule has 4 heterocycles. The lowest BCUT2D eigenvalue weighted by Crippen LogP contribution is -2.44. The molecule has 0 unspecified atom stereocenters. The molecule has 0 saturated carbocycles. The molecular weight excluding hydrogens is 487 g/mol. The van der Waals surface area contributed by atoms with Gasteiger partial charge in [0.05, 0.1) is 24.7 Å². The minimum Gasteiger partial charge on any atom is -0.436 e. The number of rotatable bonds is 6. The summed E-state index contributed by atoms with van der Waals surface area (Å²) < 4.78 is 11.7. The van der Waals surface area contributed by atoms with Gasteiger partial charge < -0.3 is 19.7 Å². The number of piperazine rings is 1. The molecule has 0 atom stereocenters. The van der Waals surface area contributed by atoms with Gasteiger partial charge in [0.15, 0.2) is 5.75 Å². The number of nitrogens with one attached hydrogen (secondary N) is 1. The molecule has 0 amide bonds. The highest BCUT2D eigenvalue weighted by Gasteiger charge is 2.15. The Morgan fingerprint density at radius 1 is 0.914 bits per heavy atom. The maximum atomic E-state index is 6.27. The highest BCUT2D eigenvalue weighted by molar-refractivity contribution is 6.35. The average molecular weight is 515 g/mol. The monoisotopic (exact) mass is 514 g/mol. The lowest BCUT2D eigenvalue weighted by molar-refractivity contribution is 0.140. The van der Waals surface area contributed by atoms with E-state index >= 15 is 0 Å². The number of nitrogens with zero attached hydrogens (tertiary/aromatic N) is 5. The quantitative estimate of drug-likeness (QED) is 0.522. The maximum absolute atomic E-state index is 6.27. The predicted octanol–water partition coefficient (Wildman–Crippen LogP) is 4.27. The Morgan fingerprint density at radius 2 is 1.69 bits per heavy atom. The SMILES string of the molecule is Clc1cc(Cl)cc(-c2cc(CN3CCCOCC3)cc(Oc3cnc(N4CCNCC4)nc3)n2)c1.